The van der Waals surface area contributed by atoms with Crippen molar-refractivity contribution >= 4 is 5.97 Å². The third-order valence-corrected chi connectivity index (χ3v) is 10.3. The van der Waals surface area contributed by atoms with Gasteiger partial charge in [0.2, 0.25) is 0 Å². The van der Waals surface area contributed by atoms with E-state index in [1.807, 2.05) is 0 Å². The molecule has 7 atom stereocenters. The summed E-state index contributed by atoms with van der Waals surface area (Å²) in [6.45, 7) is 15.4. The minimum atomic E-state index is -0.850. The van der Waals surface area contributed by atoms with Gasteiger partial charge in [0.15, 0.2) is 0 Å². The van der Waals surface area contributed by atoms with Crippen LogP contribution >= 0.6 is 0 Å². The van der Waals surface area contributed by atoms with E-state index >= 15 is 0 Å². The summed E-state index contributed by atoms with van der Waals surface area (Å²) < 4.78 is 0. The maximum Gasteiger partial charge on any atom is 0.308 e. The number of carbonyl (C=O) groups is 1. The molecule has 0 spiro atoms. The van der Waals surface area contributed by atoms with Gasteiger partial charge in [-0.05, 0) is 88.4 Å². The number of fused-ring (bicyclic) bond motifs is 1. The van der Waals surface area contributed by atoms with Gasteiger partial charge >= 0.3 is 5.97 Å². The van der Waals surface area contributed by atoms with Crippen LogP contribution in [0.3, 0.4) is 0 Å². The Morgan fingerprint density at radius 2 is 1.70 bits per heavy atom. The predicted molar refractivity (Wildman–Crippen MR) is 117 cm³/mol. The quantitative estimate of drug-likeness (QED) is 0.550. The van der Waals surface area contributed by atoms with Gasteiger partial charge in [-0.25, -0.2) is 9.78 Å². The second kappa shape index (κ2) is 7.74. The standard InChI is InChI=1S/C25H44O5/c1-17-9-14-24(7)21(3,4)11-8-12-25(24,28)23(17,6)16-15-22(5)13-10-19(29-30-22)18(2)20(26)27/h17-19,28H,8-16H2,1-7H3,(H,26,27)/t17-,18+,19+,22-,23-,24+,25-/m1/s1. The number of hydrogen-bond donors (Lipinski definition) is 2. The van der Waals surface area contributed by atoms with Crippen LogP contribution in [0.25, 0.3) is 0 Å². The van der Waals surface area contributed by atoms with Crippen LogP contribution < -0.4 is 0 Å². The molecular weight excluding hydrogens is 380 g/mol. The third-order valence-electron chi connectivity index (χ3n) is 10.3. The second-order valence-electron chi connectivity index (χ2n) is 12.1. The van der Waals surface area contributed by atoms with Crippen LogP contribution in [-0.4, -0.2) is 33.5 Å². The van der Waals surface area contributed by atoms with Gasteiger partial charge in [0.25, 0.3) is 0 Å². The molecule has 5 heteroatoms. The van der Waals surface area contributed by atoms with E-state index in [1.54, 1.807) is 6.92 Å². The summed E-state index contributed by atoms with van der Waals surface area (Å²) in [4.78, 5) is 22.6. The Morgan fingerprint density at radius 3 is 2.27 bits per heavy atom. The average Bonchev–Trinajstić information content (AvgIpc) is 2.67. The predicted octanol–water partition coefficient (Wildman–Crippen LogP) is 5.74. The van der Waals surface area contributed by atoms with Crippen LogP contribution in [0.15, 0.2) is 0 Å². The number of aliphatic carboxylic acids is 1. The van der Waals surface area contributed by atoms with E-state index in [0.29, 0.717) is 12.3 Å². The zero-order valence-corrected chi connectivity index (χ0v) is 20.2. The molecule has 0 amide bonds. The van der Waals surface area contributed by atoms with Gasteiger partial charge in [-0.3, -0.25) is 4.79 Å². The lowest BCUT2D eigenvalue weighted by Crippen LogP contribution is -2.69. The molecule has 2 saturated carbocycles. The third kappa shape index (κ3) is 3.53. The molecule has 1 aliphatic heterocycles. The molecule has 0 radical (unpaired) electrons. The Morgan fingerprint density at radius 1 is 1.03 bits per heavy atom. The van der Waals surface area contributed by atoms with Crippen molar-refractivity contribution in [2.45, 2.75) is 124 Å². The number of hydrogen-bond acceptors (Lipinski definition) is 4. The maximum absolute atomic E-state index is 12.3. The molecule has 5 nitrogen and oxygen atoms in total. The fourth-order valence-corrected chi connectivity index (χ4v) is 6.94. The smallest absolute Gasteiger partial charge is 0.308 e. The van der Waals surface area contributed by atoms with Crippen LogP contribution in [-0.2, 0) is 14.6 Å². The fraction of sp³-hybridized carbons (Fsp3) is 0.960. The van der Waals surface area contributed by atoms with E-state index in [4.69, 9.17) is 9.78 Å². The van der Waals surface area contributed by atoms with Crippen LogP contribution in [0, 0.1) is 28.1 Å². The van der Waals surface area contributed by atoms with Crippen molar-refractivity contribution in [3.05, 3.63) is 0 Å². The Hall–Kier alpha value is -0.650. The molecule has 0 aromatic rings. The molecule has 0 aromatic heterocycles. The van der Waals surface area contributed by atoms with E-state index in [-0.39, 0.29) is 16.2 Å². The first-order valence-electron chi connectivity index (χ1n) is 12.0. The van der Waals surface area contributed by atoms with Gasteiger partial charge in [0.05, 0.1) is 11.5 Å². The van der Waals surface area contributed by atoms with Gasteiger partial charge < -0.3 is 10.2 Å². The Labute approximate surface area is 182 Å². The van der Waals surface area contributed by atoms with Gasteiger partial charge in [0, 0.05) is 5.41 Å². The number of carboxylic acids is 1. The van der Waals surface area contributed by atoms with Crippen molar-refractivity contribution in [3.8, 4) is 0 Å². The van der Waals surface area contributed by atoms with Crippen molar-refractivity contribution in [3.63, 3.8) is 0 Å². The second-order valence-corrected chi connectivity index (χ2v) is 12.1. The zero-order valence-electron chi connectivity index (χ0n) is 20.2. The number of aliphatic hydroxyl groups is 1. The summed E-state index contributed by atoms with van der Waals surface area (Å²) in [6.07, 6.45) is 8.11. The van der Waals surface area contributed by atoms with Crippen LogP contribution in [0.2, 0.25) is 0 Å². The lowest BCUT2D eigenvalue weighted by molar-refractivity contribution is -0.412. The van der Waals surface area contributed by atoms with E-state index in [2.05, 4.69) is 41.5 Å². The first-order valence-corrected chi connectivity index (χ1v) is 12.0. The molecule has 3 rings (SSSR count). The van der Waals surface area contributed by atoms with E-state index in [0.717, 1.165) is 44.9 Å². The monoisotopic (exact) mass is 424 g/mol. The highest BCUT2D eigenvalue weighted by atomic mass is 17.2. The van der Waals surface area contributed by atoms with Gasteiger partial charge in [-0.1, -0.05) is 34.6 Å². The topological polar surface area (TPSA) is 76.0 Å². The van der Waals surface area contributed by atoms with E-state index < -0.39 is 29.2 Å². The van der Waals surface area contributed by atoms with Crippen LogP contribution in [0.1, 0.15) is 106 Å². The average molecular weight is 425 g/mol. The van der Waals surface area contributed by atoms with E-state index in [1.165, 1.54) is 6.42 Å². The van der Waals surface area contributed by atoms with Crippen molar-refractivity contribution in [1.29, 1.82) is 0 Å². The maximum atomic E-state index is 12.3. The lowest BCUT2D eigenvalue weighted by Gasteiger charge is -2.68. The van der Waals surface area contributed by atoms with Gasteiger partial charge in [0.1, 0.15) is 11.7 Å². The van der Waals surface area contributed by atoms with Gasteiger partial charge in [-0.2, -0.15) is 0 Å². The molecule has 1 heterocycles. The SMILES string of the molecule is C[C@H](C(=O)O)[C@@H]1CC[C@](C)(CC[C@]2(C)[C@H](C)CC[C@@]3(C)C(C)(C)CCC[C@]32O)OO1. The summed E-state index contributed by atoms with van der Waals surface area (Å²) >= 11 is 0. The summed E-state index contributed by atoms with van der Waals surface area (Å²) in [5.41, 5.74) is -1.28. The summed E-state index contributed by atoms with van der Waals surface area (Å²) in [5.74, 6) is -0.981. The molecule has 0 bridgehead atoms. The fourth-order valence-electron chi connectivity index (χ4n) is 6.94. The largest absolute Gasteiger partial charge is 0.481 e. The highest BCUT2D eigenvalue weighted by Gasteiger charge is 2.67. The highest BCUT2D eigenvalue weighted by Crippen LogP contribution is 2.69. The molecule has 3 aliphatic rings. The summed E-state index contributed by atoms with van der Waals surface area (Å²) in [6, 6.07) is 0. The molecule has 2 aliphatic carbocycles. The van der Waals surface area contributed by atoms with Crippen molar-refractivity contribution in [1.82, 2.24) is 0 Å². The molecule has 0 aromatic carbocycles. The van der Waals surface area contributed by atoms with Crippen molar-refractivity contribution in [2.24, 2.45) is 28.1 Å². The van der Waals surface area contributed by atoms with Crippen LogP contribution in [0.4, 0.5) is 0 Å². The zero-order chi connectivity index (χ0) is 22.6. The Bertz CT molecular complexity index is 652. The Kier molecular flexibility index (Phi) is 6.19. The molecule has 3 fully saturated rings. The first-order chi connectivity index (χ1) is 13.7. The van der Waals surface area contributed by atoms with Crippen molar-refractivity contribution < 1.29 is 24.8 Å². The van der Waals surface area contributed by atoms with E-state index in [9.17, 15) is 15.0 Å². The molecular formula is C25H44O5. The summed E-state index contributed by atoms with van der Waals surface area (Å²) in [5, 5.41) is 21.6. The number of carboxylic acid groups (broad SMARTS) is 1. The number of rotatable bonds is 5. The molecule has 1 saturated heterocycles. The first kappa shape index (κ1) is 24.0. The summed E-state index contributed by atoms with van der Waals surface area (Å²) in [7, 11) is 0. The normalized spacial score (nSPS) is 47.3. The molecule has 0 unspecified atom stereocenters. The minimum Gasteiger partial charge on any atom is -0.481 e. The minimum absolute atomic E-state index is 0.0909. The highest BCUT2D eigenvalue weighted by molar-refractivity contribution is 5.70. The van der Waals surface area contributed by atoms with Crippen LogP contribution in [0.5, 0.6) is 0 Å². The Balaban J connectivity index is 1.76. The molecule has 30 heavy (non-hydrogen) atoms. The lowest BCUT2D eigenvalue weighted by atomic mass is 9.38. The molecule has 174 valence electrons. The molecule has 2 N–H and O–H groups in total. The van der Waals surface area contributed by atoms with Gasteiger partial charge in [-0.15, -0.1) is 0 Å². The van der Waals surface area contributed by atoms with Crippen molar-refractivity contribution in [2.75, 3.05) is 0 Å².